The predicted molar refractivity (Wildman–Crippen MR) is 101 cm³/mol. The van der Waals surface area contributed by atoms with E-state index in [2.05, 4.69) is 31.6 Å². The molecule has 0 radical (unpaired) electrons. The highest BCUT2D eigenvalue weighted by Gasteiger charge is 2.55. The third-order valence-corrected chi connectivity index (χ3v) is 4.90. The van der Waals surface area contributed by atoms with E-state index in [-0.39, 0.29) is 12.2 Å². The Morgan fingerprint density at radius 2 is 1.75 bits per heavy atom. The molecule has 1 fully saturated rings. The van der Waals surface area contributed by atoms with E-state index in [1.54, 1.807) is 24.3 Å². The van der Waals surface area contributed by atoms with Gasteiger partial charge in [0.05, 0.1) is 5.69 Å². The van der Waals surface area contributed by atoms with Gasteiger partial charge in [-0.3, -0.25) is 19.4 Å². The molecule has 2 aromatic rings. The maximum Gasteiger partial charge on any atom is 0.263 e. The minimum absolute atomic E-state index is 0.239. The van der Waals surface area contributed by atoms with E-state index in [1.165, 1.54) is 17.1 Å². The number of carbonyl (C=O) groups is 3. The van der Waals surface area contributed by atoms with Gasteiger partial charge in [-0.15, -0.1) is 0 Å². The van der Waals surface area contributed by atoms with Crippen molar-refractivity contribution in [2.45, 2.75) is 12.1 Å². The normalized spacial score (nSPS) is 20.6. The number of benzene rings is 2. The summed E-state index contributed by atoms with van der Waals surface area (Å²) in [6.07, 6.45) is 0. The Bertz CT molecular complexity index is 980. The number of anilines is 2. The Balaban J connectivity index is 1.48. The van der Waals surface area contributed by atoms with Gasteiger partial charge in [-0.25, -0.2) is 9.29 Å². The molecule has 8 nitrogen and oxygen atoms in total. The van der Waals surface area contributed by atoms with Crippen molar-refractivity contribution in [3.8, 4) is 0 Å². The molecule has 0 aromatic heterocycles. The summed E-state index contributed by atoms with van der Waals surface area (Å²) in [4.78, 5) is 38.6. The van der Waals surface area contributed by atoms with Crippen LogP contribution in [0.5, 0.6) is 0 Å². The number of hydrogen-bond donors (Lipinski definition) is 1. The first kappa shape index (κ1) is 18.2. The van der Waals surface area contributed by atoms with E-state index in [0.29, 0.717) is 5.69 Å². The quantitative estimate of drug-likeness (QED) is 0.731. The van der Waals surface area contributed by atoms with Crippen molar-refractivity contribution in [3.63, 3.8) is 0 Å². The Morgan fingerprint density at radius 3 is 2.43 bits per heavy atom. The zero-order valence-electron chi connectivity index (χ0n) is 14.3. The van der Waals surface area contributed by atoms with Crippen LogP contribution in [0.3, 0.4) is 0 Å². The monoisotopic (exact) mass is 445 g/mol. The van der Waals surface area contributed by atoms with Crippen molar-refractivity contribution in [1.29, 1.82) is 0 Å². The van der Waals surface area contributed by atoms with Crippen molar-refractivity contribution in [2.24, 2.45) is 10.3 Å². The minimum atomic E-state index is -1.02. The molecule has 4 rings (SSSR count). The molecule has 1 N–H and O–H groups in total. The number of amides is 3. The summed E-state index contributed by atoms with van der Waals surface area (Å²) in [5.41, 5.74) is 0.836. The first-order chi connectivity index (χ1) is 13.4. The minimum Gasteiger partial charge on any atom is -0.324 e. The van der Waals surface area contributed by atoms with Crippen molar-refractivity contribution in [1.82, 2.24) is 5.01 Å². The molecule has 0 saturated carbocycles. The van der Waals surface area contributed by atoms with Crippen LogP contribution < -0.4 is 10.2 Å². The second kappa shape index (κ2) is 7.12. The van der Waals surface area contributed by atoms with Gasteiger partial charge < -0.3 is 5.32 Å². The van der Waals surface area contributed by atoms with Gasteiger partial charge in [0.15, 0.2) is 12.1 Å². The lowest BCUT2D eigenvalue weighted by molar-refractivity contribution is -0.123. The standard InChI is InChI=1S/C18H13BrFN5O3/c19-10-1-5-12(6-2-10)21-14(26)9-24-16-15(22-23-24)17(27)25(18(16)28)13-7-3-11(20)4-8-13/h1-8,15-16H,9H2,(H,21,26). The fraction of sp³-hybridized carbons (Fsp3) is 0.167. The van der Waals surface area contributed by atoms with Crippen LogP contribution >= 0.6 is 15.9 Å². The number of carbonyl (C=O) groups excluding carboxylic acids is 3. The van der Waals surface area contributed by atoms with Crippen LogP contribution in [0.2, 0.25) is 0 Å². The summed E-state index contributed by atoms with van der Waals surface area (Å²) in [5.74, 6) is -1.99. The summed E-state index contributed by atoms with van der Waals surface area (Å²) < 4.78 is 14.0. The van der Waals surface area contributed by atoms with Gasteiger partial charge in [-0.05, 0) is 48.5 Å². The van der Waals surface area contributed by atoms with Crippen LogP contribution in [-0.4, -0.2) is 41.4 Å². The molecule has 142 valence electrons. The number of halogens is 2. The summed E-state index contributed by atoms with van der Waals surface area (Å²) >= 11 is 3.31. The summed E-state index contributed by atoms with van der Waals surface area (Å²) in [6.45, 7) is -0.239. The fourth-order valence-electron chi connectivity index (χ4n) is 3.08. The maximum atomic E-state index is 13.1. The summed E-state index contributed by atoms with van der Waals surface area (Å²) in [5, 5.41) is 11.6. The number of fused-ring (bicyclic) bond motifs is 1. The average molecular weight is 446 g/mol. The molecule has 28 heavy (non-hydrogen) atoms. The van der Waals surface area contributed by atoms with Gasteiger partial charge in [0.1, 0.15) is 12.4 Å². The number of imide groups is 1. The molecular formula is C18H13BrFN5O3. The van der Waals surface area contributed by atoms with E-state index < -0.39 is 35.6 Å². The molecule has 0 aliphatic carbocycles. The number of hydrogen-bond acceptors (Lipinski definition) is 6. The highest BCUT2D eigenvalue weighted by Crippen LogP contribution is 2.31. The second-order valence-corrected chi connectivity index (χ2v) is 7.15. The SMILES string of the molecule is O=C(CN1N=NC2C(=O)N(c3ccc(F)cc3)C(=O)C21)Nc1ccc(Br)cc1. The molecule has 0 bridgehead atoms. The predicted octanol–water partition coefficient (Wildman–Crippen LogP) is 2.52. The molecule has 3 amide bonds. The van der Waals surface area contributed by atoms with Crippen LogP contribution in [0.15, 0.2) is 63.3 Å². The highest BCUT2D eigenvalue weighted by atomic mass is 79.9. The third kappa shape index (κ3) is 3.26. The van der Waals surface area contributed by atoms with Gasteiger partial charge in [0.2, 0.25) is 5.91 Å². The first-order valence-corrected chi connectivity index (χ1v) is 9.09. The summed E-state index contributed by atoms with van der Waals surface area (Å²) in [6, 6.07) is 9.99. The Hall–Kier alpha value is -3.14. The molecule has 2 aliphatic heterocycles. The van der Waals surface area contributed by atoms with E-state index in [1.807, 2.05) is 0 Å². The molecule has 2 aliphatic rings. The zero-order chi connectivity index (χ0) is 19.8. The van der Waals surface area contributed by atoms with Crippen LogP contribution in [0.25, 0.3) is 0 Å². The van der Waals surface area contributed by atoms with Gasteiger partial charge in [0, 0.05) is 10.2 Å². The molecular weight excluding hydrogens is 433 g/mol. The first-order valence-electron chi connectivity index (χ1n) is 8.30. The number of nitrogens with one attached hydrogen (secondary N) is 1. The summed E-state index contributed by atoms with van der Waals surface area (Å²) in [7, 11) is 0. The Kier molecular flexibility index (Phi) is 4.63. The van der Waals surface area contributed by atoms with Crippen molar-refractivity contribution >= 4 is 45.0 Å². The third-order valence-electron chi connectivity index (χ3n) is 4.38. The van der Waals surface area contributed by atoms with E-state index in [0.717, 1.165) is 21.5 Å². The fourth-order valence-corrected chi connectivity index (χ4v) is 3.34. The van der Waals surface area contributed by atoms with Crippen molar-refractivity contribution < 1.29 is 18.8 Å². The molecule has 10 heteroatoms. The van der Waals surface area contributed by atoms with Crippen LogP contribution in [0.4, 0.5) is 15.8 Å². The van der Waals surface area contributed by atoms with Crippen LogP contribution in [0.1, 0.15) is 0 Å². The highest BCUT2D eigenvalue weighted by molar-refractivity contribution is 9.10. The van der Waals surface area contributed by atoms with Crippen molar-refractivity contribution in [2.75, 3.05) is 16.8 Å². The van der Waals surface area contributed by atoms with E-state index in [4.69, 9.17) is 0 Å². The lowest BCUT2D eigenvalue weighted by Crippen LogP contribution is -2.43. The van der Waals surface area contributed by atoms with Crippen molar-refractivity contribution in [3.05, 3.63) is 58.8 Å². The molecule has 2 heterocycles. The van der Waals surface area contributed by atoms with E-state index in [9.17, 15) is 18.8 Å². The smallest absolute Gasteiger partial charge is 0.263 e. The lowest BCUT2D eigenvalue weighted by atomic mass is 10.1. The number of rotatable bonds is 4. The van der Waals surface area contributed by atoms with Gasteiger partial charge in [-0.1, -0.05) is 21.2 Å². The molecule has 0 spiro atoms. The molecule has 2 aromatic carbocycles. The van der Waals surface area contributed by atoms with Gasteiger partial charge in [-0.2, -0.15) is 5.11 Å². The van der Waals surface area contributed by atoms with E-state index >= 15 is 0 Å². The topological polar surface area (TPSA) is 94.4 Å². The van der Waals surface area contributed by atoms with Crippen LogP contribution in [-0.2, 0) is 14.4 Å². The van der Waals surface area contributed by atoms with Crippen LogP contribution in [0, 0.1) is 5.82 Å². The Morgan fingerprint density at radius 1 is 1.07 bits per heavy atom. The molecule has 1 saturated heterocycles. The number of nitrogens with zero attached hydrogens (tertiary/aromatic N) is 4. The Labute approximate surface area is 167 Å². The largest absolute Gasteiger partial charge is 0.324 e. The van der Waals surface area contributed by atoms with Gasteiger partial charge >= 0.3 is 0 Å². The second-order valence-electron chi connectivity index (χ2n) is 6.24. The lowest BCUT2D eigenvalue weighted by Gasteiger charge is -2.20. The van der Waals surface area contributed by atoms with Gasteiger partial charge in [0.25, 0.3) is 11.8 Å². The average Bonchev–Trinajstić information content (AvgIpc) is 3.18. The molecule has 2 atom stereocenters. The zero-order valence-corrected chi connectivity index (χ0v) is 15.8. The molecule has 2 unspecified atom stereocenters. The maximum absolute atomic E-state index is 13.1.